The summed E-state index contributed by atoms with van der Waals surface area (Å²) in [6.07, 6.45) is 5.79. The van der Waals surface area contributed by atoms with Crippen LogP contribution in [0.1, 0.15) is 52.7 Å². The van der Waals surface area contributed by atoms with Crippen LogP contribution in [0, 0.1) is 5.92 Å². The summed E-state index contributed by atoms with van der Waals surface area (Å²) in [4.78, 5) is 11.5. The fourth-order valence-electron chi connectivity index (χ4n) is 5.82. The third kappa shape index (κ3) is 2.87. The molecule has 2 aliphatic carbocycles. The molecule has 1 heterocycles. The molecule has 1 saturated carbocycles. The summed E-state index contributed by atoms with van der Waals surface area (Å²) in [5.41, 5.74) is 4.29. The molecule has 0 bridgehead atoms. The molecule has 4 nitrogen and oxygen atoms in total. The van der Waals surface area contributed by atoms with Crippen molar-refractivity contribution in [2.75, 3.05) is 13.2 Å². The van der Waals surface area contributed by atoms with Crippen molar-refractivity contribution in [3.8, 4) is 0 Å². The molecule has 0 radical (unpaired) electrons. The van der Waals surface area contributed by atoms with Crippen LogP contribution in [0.2, 0.25) is 0 Å². The molecule has 2 unspecified atom stereocenters. The lowest BCUT2D eigenvalue weighted by Crippen LogP contribution is -2.51. The Labute approximate surface area is 165 Å². The number of ether oxygens (including phenoxy) is 2. The Bertz CT molecular complexity index is 885. The molecule has 0 amide bonds. The summed E-state index contributed by atoms with van der Waals surface area (Å²) in [6, 6.07) is 16.4. The highest BCUT2D eigenvalue weighted by Gasteiger charge is 2.54. The molecule has 4 heteroatoms. The Morgan fingerprint density at radius 2 is 1.86 bits per heavy atom. The molecular formula is C24H26O4. The van der Waals surface area contributed by atoms with E-state index in [2.05, 4.69) is 36.4 Å². The lowest BCUT2D eigenvalue weighted by molar-refractivity contribution is -0.200. The minimum absolute atomic E-state index is 0.0204. The van der Waals surface area contributed by atoms with Crippen LogP contribution < -0.4 is 0 Å². The molecule has 2 fully saturated rings. The molecule has 1 N–H and O–H groups in total. The van der Waals surface area contributed by atoms with Gasteiger partial charge in [0.05, 0.1) is 18.8 Å². The van der Waals surface area contributed by atoms with Gasteiger partial charge in [0.1, 0.15) is 0 Å². The Morgan fingerprint density at radius 1 is 1.07 bits per heavy atom. The van der Waals surface area contributed by atoms with Gasteiger partial charge in [0, 0.05) is 18.3 Å². The predicted octanol–water partition coefficient (Wildman–Crippen LogP) is 4.35. The van der Waals surface area contributed by atoms with Crippen molar-refractivity contribution in [2.24, 2.45) is 5.92 Å². The summed E-state index contributed by atoms with van der Waals surface area (Å²) in [5, 5.41) is 9.42. The monoisotopic (exact) mass is 378 g/mol. The standard InChI is InChI=1S/C24H26O4/c25-22(26)19-7-9-21-18(14-19)6-8-20-16-24(27-12-13-28-24)11-10-23(20,21)15-17-4-2-1-3-5-17/h1-5,7,9,14,20H,6,8,10-13,15-16H2,(H,25,26). The van der Waals surface area contributed by atoms with Crippen LogP contribution in [-0.4, -0.2) is 30.1 Å². The SMILES string of the molecule is O=C(O)c1ccc2c(c1)CCC1CC3(CCC21Cc1ccccc1)OCCO3. The molecule has 28 heavy (non-hydrogen) atoms. The third-order valence-electron chi connectivity index (χ3n) is 7.12. The predicted molar refractivity (Wildman–Crippen MR) is 106 cm³/mol. The molecule has 146 valence electrons. The summed E-state index contributed by atoms with van der Waals surface area (Å²) in [6.45, 7) is 1.38. The molecule has 0 aromatic heterocycles. The highest BCUT2D eigenvalue weighted by atomic mass is 16.7. The number of carboxylic acids is 1. The van der Waals surface area contributed by atoms with E-state index in [-0.39, 0.29) is 5.41 Å². The second kappa shape index (κ2) is 6.71. The Kier molecular flexibility index (Phi) is 4.29. The zero-order valence-electron chi connectivity index (χ0n) is 16.0. The van der Waals surface area contributed by atoms with Crippen LogP contribution in [0.5, 0.6) is 0 Å². The molecule has 2 aromatic rings. The van der Waals surface area contributed by atoms with Crippen LogP contribution in [0.15, 0.2) is 48.5 Å². The van der Waals surface area contributed by atoms with E-state index in [0.29, 0.717) is 24.7 Å². The highest BCUT2D eigenvalue weighted by molar-refractivity contribution is 5.88. The van der Waals surface area contributed by atoms with Gasteiger partial charge < -0.3 is 14.6 Å². The van der Waals surface area contributed by atoms with E-state index in [4.69, 9.17) is 9.47 Å². The van der Waals surface area contributed by atoms with Crippen molar-refractivity contribution >= 4 is 5.97 Å². The summed E-state index contributed by atoms with van der Waals surface area (Å²) < 4.78 is 12.1. The highest BCUT2D eigenvalue weighted by Crippen LogP contribution is 2.56. The topological polar surface area (TPSA) is 55.8 Å². The molecular weight excluding hydrogens is 352 g/mol. The Balaban J connectivity index is 1.58. The molecule has 5 rings (SSSR count). The summed E-state index contributed by atoms with van der Waals surface area (Å²) in [7, 11) is 0. The van der Waals surface area contributed by atoms with Crippen LogP contribution in [0.4, 0.5) is 0 Å². The van der Waals surface area contributed by atoms with Gasteiger partial charge in [-0.15, -0.1) is 0 Å². The molecule has 2 atom stereocenters. The van der Waals surface area contributed by atoms with Gasteiger partial charge in [-0.3, -0.25) is 0 Å². The molecule has 1 aliphatic heterocycles. The minimum Gasteiger partial charge on any atom is -0.478 e. The van der Waals surface area contributed by atoms with E-state index >= 15 is 0 Å². The zero-order valence-corrected chi connectivity index (χ0v) is 16.0. The second-order valence-electron chi connectivity index (χ2n) is 8.54. The fraction of sp³-hybridized carbons (Fsp3) is 0.458. The van der Waals surface area contributed by atoms with Crippen LogP contribution in [-0.2, 0) is 27.7 Å². The smallest absolute Gasteiger partial charge is 0.335 e. The first-order chi connectivity index (χ1) is 13.6. The number of aryl methyl sites for hydroxylation is 1. The van der Waals surface area contributed by atoms with Gasteiger partial charge in [-0.2, -0.15) is 0 Å². The number of benzene rings is 2. The number of aromatic carboxylic acids is 1. The maximum Gasteiger partial charge on any atom is 0.335 e. The zero-order chi connectivity index (χ0) is 19.2. The van der Waals surface area contributed by atoms with Crippen molar-refractivity contribution in [1.82, 2.24) is 0 Å². The van der Waals surface area contributed by atoms with E-state index in [1.54, 1.807) is 6.07 Å². The number of carbonyl (C=O) groups is 1. The van der Waals surface area contributed by atoms with Crippen LogP contribution >= 0.6 is 0 Å². The largest absolute Gasteiger partial charge is 0.478 e. The van der Waals surface area contributed by atoms with Gasteiger partial charge >= 0.3 is 5.97 Å². The van der Waals surface area contributed by atoms with Gasteiger partial charge in [0.15, 0.2) is 5.79 Å². The van der Waals surface area contributed by atoms with E-state index in [1.807, 2.05) is 6.07 Å². The van der Waals surface area contributed by atoms with Crippen molar-refractivity contribution in [2.45, 2.75) is 49.7 Å². The Hall–Kier alpha value is -2.17. The number of hydrogen-bond acceptors (Lipinski definition) is 3. The Morgan fingerprint density at radius 3 is 2.61 bits per heavy atom. The number of hydrogen-bond donors (Lipinski definition) is 1. The van der Waals surface area contributed by atoms with E-state index < -0.39 is 11.8 Å². The number of rotatable bonds is 3. The lowest BCUT2D eigenvalue weighted by atomic mass is 9.54. The third-order valence-corrected chi connectivity index (χ3v) is 7.12. The molecule has 1 spiro atoms. The fourth-order valence-corrected chi connectivity index (χ4v) is 5.82. The van der Waals surface area contributed by atoms with E-state index in [1.165, 1.54) is 16.7 Å². The van der Waals surface area contributed by atoms with Gasteiger partial charge in [-0.25, -0.2) is 4.79 Å². The first-order valence-corrected chi connectivity index (χ1v) is 10.3. The van der Waals surface area contributed by atoms with Crippen molar-refractivity contribution in [1.29, 1.82) is 0 Å². The van der Waals surface area contributed by atoms with Crippen molar-refractivity contribution in [3.05, 3.63) is 70.8 Å². The normalized spacial score (nSPS) is 27.9. The lowest BCUT2D eigenvalue weighted by Gasteiger charge is -2.53. The minimum atomic E-state index is -0.850. The van der Waals surface area contributed by atoms with E-state index in [9.17, 15) is 9.90 Å². The van der Waals surface area contributed by atoms with Gasteiger partial charge in [0.2, 0.25) is 0 Å². The van der Waals surface area contributed by atoms with Crippen molar-refractivity contribution < 1.29 is 19.4 Å². The van der Waals surface area contributed by atoms with Gasteiger partial charge in [-0.1, -0.05) is 36.4 Å². The number of carboxylic acid groups (broad SMARTS) is 1. The van der Waals surface area contributed by atoms with Crippen LogP contribution in [0.25, 0.3) is 0 Å². The average Bonchev–Trinajstić information content (AvgIpc) is 3.17. The quantitative estimate of drug-likeness (QED) is 0.862. The maximum absolute atomic E-state index is 11.5. The first-order valence-electron chi connectivity index (χ1n) is 10.3. The summed E-state index contributed by atoms with van der Waals surface area (Å²) in [5.74, 6) is -0.774. The summed E-state index contributed by atoms with van der Waals surface area (Å²) >= 11 is 0. The second-order valence-corrected chi connectivity index (χ2v) is 8.54. The molecule has 3 aliphatic rings. The van der Waals surface area contributed by atoms with Gasteiger partial charge in [0.25, 0.3) is 0 Å². The van der Waals surface area contributed by atoms with Crippen molar-refractivity contribution in [3.63, 3.8) is 0 Å². The van der Waals surface area contributed by atoms with Crippen LogP contribution in [0.3, 0.4) is 0 Å². The first kappa shape index (κ1) is 17.9. The van der Waals surface area contributed by atoms with Gasteiger partial charge in [-0.05, 0) is 60.4 Å². The molecule has 2 aromatic carbocycles. The maximum atomic E-state index is 11.5. The van der Waals surface area contributed by atoms with E-state index in [0.717, 1.165) is 38.5 Å². The number of fused-ring (bicyclic) bond motifs is 3. The average molecular weight is 378 g/mol. The molecule has 1 saturated heterocycles.